The van der Waals surface area contributed by atoms with Gasteiger partial charge in [0.1, 0.15) is 9.84 Å². The fourth-order valence-electron chi connectivity index (χ4n) is 2.49. The molecule has 0 aromatic carbocycles. The van der Waals surface area contributed by atoms with Crippen molar-refractivity contribution < 1.29 is 13.2 Å². The van der Waals surface area contributed by atoms with Crippen molar-refractivity contribution in [1.29, 1.82) is 0 Å². The molecule has 0 unspecified atom stereocenters. The largest absolute Gasteiger partial charge is 0.339 e. The number of rotatable bonds is 3. The monoisotopic (exact) mass is 289 g/mol. The van der Waals surface area contributed by atoms with E-state index in [0.29, 0.717) is 19.4 Å². The minimum Gasteiger partial charge on any atom is -0.339 e. The molecule has 2 rings (SSSR count). The number of hydrogen-bond donors (Lipinski definition) is 1. The molecule has 2 aliphatic heterocycles. The Morgan fingerprint density at radius 2 is 1.74 bits per heavy atom. The van der Waals surface area contributed by atoms with E-state index in [9.17, 15) is 13.2 Å². The SMILES string of the molecule is CN1CCN(C(=O)CNC2CCS(=O)(=O)CC2)CC1. The molecule has 2 heterocycles. The second-order valence-corrected chi connectivity index (χ2v) is 7.79. The number of amides is 1. The Morgan fingerprint density at radius 3 is 2.32 bits per heavy atom. The van der Waals surface area contributed by atoms with E-state index in [1.807, 2.05) is 4.90 Å². The summed E-state index contributed by atoms with van der Waals surface area (Å²) in [6.07, 6.45) is 1.25. The van der Waals surface area contributed by atoms with Gasteiger partial charge in [-0.2, -0.15) is 0 Å². The van der Waals surface area contributed by atoms with Gasteiger partial charge < -0.3 is 15.1 Å². The van der Waals surface area contributed by atoms with Crippen molar-refractivity contribution in [3.63, 3.8) is 0 Å². The van der Waals surface area contributed by atoms with E-state index in [1.54, 1.807) is 0 Å². The Labute approximate surface area is 115 Å². The molecular formula is C12H23N3O3S. The average molecular weight is 289 g/mol. The maximum absolute atomic E-state index is 12.0. The first-order valence-corrected chi connectivity index (χ1v) is 8.68. The summed E-state index contributed by atoms with van der Waals surface area (Å²) >= 11 is 0. The number of carbonyl (C=O) groups excluding carboxylic acids is 1. The summed E-state index contributed by atoms with van der Waals surface area (Å²) in [5, 5.41) is 3.20. The topological polar surface area (TPSA) is 69.7 Å². The van der Waals surface area contributed by atoms with Crippen molar-refractivity contribution >= 4 is 15.7 Å². The van der Waals surface area contributed by atoms with Crippen LogP contribution in [0.3, 0.4) is 0 Å². The van der Waals surface area contributed by atoms with Gasteiger partial charge in [0.25, 0.3) is 0 Å². The smallest absolute Gasteiger partial charge is 0.236 e. The summed E-state index contributed by atoms with van der Waals surface area (Å²) < 4.78 is 22.6. The molecule has 0 bridgehead atoms. The molecule has 6 nitrogen and oxygen atoms in total. The highest BCUT2D eigenvalue weighted by Crippen LogP contribution is 2.12. The van der Waals surface area contributed by atoms with E-state index in [0.717, 1.165) is 26.2 Å². The van der Waals surface area contributed by atoms with Gasteiger partial charge in [-0.1, -0.05) is 0 Å². The Hall–Kier alpha value is -0.660. The lowest BCUT2D eigenvalue weighted by atomic mass is 10.1. The van der Waals surface area contributed by atoms with Crippen LogP contribution < -0.4 is 5.32 Å². The minimum absolute atomic E-state index is 0.126. The zero-order chi connectivity index (χ0) is 13.9. The molecule has 2 fully saturated rings. The molecule has 0 aliphatic carbocycles. The summed E-state index contributed by atoms with van der Waals surface area (Å²) in [4.78, 5) is 16.1. The van der Waals surface area contributed by atoms with Crippen LogP contribution in [-0.4, -0.2) is 81.4 Å². The van der Waals surface area contributed by atoms with Crippen LogP contribution in [0.2, 0.25) is 0 Å². The van der Waals surface area contributed by atoms with Gasteiger partial charge >= 0.3 is 0 Å². The van der Waals surface area contributed by atoms with Crippen LogP contribution in [0.15, 0.2) is 0 Å². The zero-order valence-electron chi connectivity index (χ0n) is 11.5. The normalized spacial score (nSPS) is 25.4. The van der Waals surface area contributed by atoms with Crippen LogP contribution in [0.1, 0.15) is 12.8 Å². The van der Waals surface area contributed by atoms with Crippen molar-refractivity contribution in [2.45, 2.75) is 18.9 Å². The minimum atomic E-state index is -2.82. The molecule has 110 valence electrons. The third-order valence-electron chi connectivity index (χ3n) is 3.95. The van der Waals surface area contributed by atoms with Gasteiger partial charge in [-0.05, 0) is 19.9 Å². The molecule has 1 amide bonds. The summed E-state index contributed by atoms with van der Waals surface area (Å²) in [7, 11) is -0.764. The molecule has 0 radical (unpaired) electrons. The van der Waals surface area contributed by atoms with Gasteiger partial charge in [-0.3, -0.25) is 4.79 Å². The summed E-state index contributed by atoms with van der Waals surface area (Å²) in [6, 6.07) is 0.167. The highest BCUT2D eigenvalue weighted by Gasteiger charge is 2.25. The molecule has 1 N–H and O–H groups in total. The molecule has 0 saturated carbocycles. The van der Waals surface area contributed by atoms with Crippen LogP contribution in [-0.2, 0) is 14.6 Å². The Morgan fingerprint density at radius 1 is 1.16 bits per heavy atom. The second-order valence-electron chi connectivity index (χ2n) is 5.49. The van der Waals surface area contributed by atoms with E-state index >= 15 is 0 Å². The van der Waals surface area contributed by atoms with E-state index in [4.69, 9.17) is 0 Å². The molecule has 0 aromatic rings. The maximum atomic E-state index is 12.0. The lowest BCUT2D eigenvalue weighted by Gasteiger charge is -2.33. The molecule has 0 spiro atoms. The number of likely N-dealkylation sites (N-methyl/N-ethyl adjacent to an activating group) is 1. The van der Waals surface area contributed by atoms with Crippen LogP contribution in [0, 0.1) is 0 Å². The van der Waals surface area contributed by atoms with Gasteiger partial charge in [0.15, 0.2) is 0 Å². The first-order chi connectivity index (χ1) is 8.96. The summed E-state index contributed by atoms with van der Waals surface area (Å²) in [6.45, 7) is 3.75. The fourth-order valence-corrected chi connectivity index (χ4v) is 3.98. The van der Waals surface area contributed by atoms with Gasteiger partial charge in [-0.15, -0.1) is 0 Å². The maximum Gasteiger partial charge on any atom is 0.236 e. The predicted octanol–water partition coefficient (Wildman–Crippen LogP) is -1.07. The standard InChI is InChI=1S/C12H23N3O3S/c1-14-4-6-15(7-5-14)12(16)10-13-11-2-8-19(17,18)9-3-11/h11,13H,2-10H2,1H3. The lowest BCUT2D eigenvalue weighted by Crippen LogP contribution is -2.51. The highest BCUT2D eigenvalue weighted by molar-refractivity contribution is 7.91. The molecule has 7 heteroatoms. The van der Waals surface area contributed by atoms with Crippen LogP contribution >= 0.6 is 0 Å². The van der Waals surface area contributed by atoms with E-state index in [-0.39, 0.29) is 23.5 Å². The Bertz CT molecular complexity index is 402. The zero-order valence-corrected chi connectivity index (χ0v) is 12.3. The fraction of sp³-hybridized carbons (Fsp3) is 0.917. The first kappa shape index (κ1) is 14.7. The number of piperazine rings is 1. The molecule has 2 aliphatic rings. The third-order valence-corrected chi connectivity index (χ3v) is 5.67. The van der Waals surface area contributed by atoms with Crippen molar-refractivity contribution in [1.82, 2.24) is 15.1 Å². The van der Waals surface area contributed by atoms with E-state index in [2.05, 4.69) is 17.3 Å². The second kappa shape index (κ2) is 6.19. The molecule has 19 heavy (non-hydrogen) atoms. The molecular weight excluding hydrogens is 266 g/mol. The quantitative estimate of drug-likeness (QED) is 0.716. The molecule has 0 aromatic heterocycles. The summed E-state index contributed by atoms with van der Waals surface area (Å²) in [5.74, 6) is 0.613. The van der Waals surface area contributed by atoms with Gasteiger partial charge in [0.05, 0.1) is 18.1 Å². The summed E-state index contributed by atoms with van der Waals surface area (Å²) in [5.41, 5.74) is 0. The Kier molecular flexibility index (Phi) is 4.81. The first-order valence-electron chi connectivity index (χ1n) is 6.86. The van der Waals surface area contributed by atoms with Crippen LogP contribution in [0.4, 0.5) is 0 Å². The van der Waals surface area contributed by atoms with Crippen LogP contribution in [0.5, 0.6) is 0 Å². The molecule has 2 saturated heterocycles. The number of carbonyl (C=O) groups is 1. The van der Waals surface area contributed by atoms with Crippen molar-refractivity contribution in [2.75, 3.05) is 51.3 Å². The number of nitrogens with one attached hydrogen (secondary N) is 1. The van der Waals surface area contributed by atoms with Crippen molar-refractivity contribution in [2.24, 2.45) is 0 Å². The lowest BCUT2D eigenvalue weighted by molar-refractivity contribution is -0.131. The van der Waals surface area contributed by atoms with Crippen LogP contribution in [0.25, 0.3) is 0 Å². The third kappa shape index (κ3) is 4.43. The highest BCUT2D eigenvalue weighted by atomic mass is 32.2. The van der Waals surface area contributed by atoms with Gasteiger partial charge in [0.2, 0.25) is 5.91 Å². The van der Waals surface area contributed by atoms with Gasteiger partial charge in [-0.25, -0.2) is 8.42 Å². The predicted molar refractivity (Wildman–Crippen MR) is 73.8 cm³/mol. The van der Waals surface area contributed by atoms with E-state index in [1.165, 1.54) is 0 Å². The van der Waals surface area contributed by atoms with E-state index < -0.39 is 9.84 Å². The van der Waals surface area contributed by atoms with Crippen molar-refractivity contribution in [3.8, 4) is 0 Å². The van der Waals surface area contributed by atoms with Crippen molar-refractivity contribution in [3.05, 3.63) is 0 Å². The number of sulfone groups is 1. The number of nitrogens with zero attached hydrogens (tertiary/aromatic N) is 2. The average Bonchev–Trinajstić information content (AvgIpc) is 2.38. The number of hydrogen-bond acceptors (Lipinski definition) is 5. The Balaban J connectivity index is 1.69. The molecule has 0 atom stereocenters. The van der Waals surface area contributed by atoms with Gasteiger partial charge in [0, 0.05) is 32.2 Å².